The second-order valence-electron chi connectivity index (χ2n) is 4.96. The average Bonchev–Trinajstić information content (AvgIpc) is 2.68. The van der Waals surface area contributed by atoms with Crippen LogP contribution in [-0.2, 0) is 11.3 Å². The molecular weight excluding hydrogens is 280 g/mol. The Labute approximate surface area is 111 Å². The van der Waals surface area contributed by atoms with Gasteiger partial charge in [-0.3, -0.25) is 0 Å². The lowest BCUT2D eigenvalue weighted by Crippen LogP contribution is -2.49. The lowest BCUT2D eigenvalue weighted by Gasteiger charge is -2.28. The number of hydrogen-bond acceptors (Lipinski definition) is 3. The van der Waals surface area contributed by atoms with Crippen molar-refractivity contribution in [3.8, 4) is 0 Å². The second-order valence-corrected chi connectivity index (χ2v) is 5.88. The van der Waals surface area contributed by atoms with Gasteiger partial charge in [0.25, 0.3) is 0 Å². The van der Waals surface area contributed by atoms with Crippen LogP contribution in [0.15, 0.2) is 28.7 Å². The molecule has 1 aliphatic heterocycles. The molecule has 1 aromatic rings. The van der Waals surface area contributed by atoms with Crippen LogP contribution in [0, 0.1) is 0 Å². The van der Waals surface area contributed by atoms with Gasteiger partial charge in [0, 0.05) is 24.2 Å². The van der Waals surface area contributed by atoms with Crippen LogP contribution in [0.4, 0.5) is 0 Å². The van der Waals surface area contributed by atoms with Crippen LogP contribution < -0.4 is 5.73 Å². The van der Waals surface area contributed by atoms with Crippen molar-refractivity contribution >= 4 is 15.9 Å². The van der Waals surface area contributed by atoms with Gasteiger partial charge in [-0.25, -0.2) is 0 Å². The smallest absolute Gasteiger partial charge is 0.0659 e. The van der Waals surface area contributed by atoms with E-state index in [9.17, 15) is 0 Å². The molecule has 1 unspecified atom stereocenters. The van der Waals surface area contributed by atoms with Crippen LogP contribution in [-0.4, -0.2) is 37.2 Å². The number of hydrogen-bond donors (Lipinski definition) is 1. The zero-order valence-electron chi connectivity index (χ0n) is 10.2. The molecule has 1 fully saturated rings. The summed E-state index contributed by atoms with van der Waals surface area (Å²) in [7, 11) is 2.11. The summed E-state index contributed by atoms with van der Waals surface area (Å²) in [6.45, 7) is 3.27. The van der Waals surface area contributed by atoms with Gasteiger partial charge in [0.05, 0.1) is 12.1 Å². The first-order valence-electron chi connectivity index (χ1n) is 5.87. The first-order valence-corrected chi connectivity index (χ1v) is 6.66. The molecule has 0 spiro atoms. The number of halogens is 1. The number of nitrogens with two attached hydrogens (primary N) is 1. The van der Waals surface area contributed by atoms with E-state index in [1.807, 2.05) is 0 Å². The van der Waals surface area contributed by atoms with E-state index < -0.39 is 0 Å². The first-order chi connectivity index (χ1) is 8.07. The van der Waals surface area contributed by atoms with Gasteiger partial charge < -0.3 is 15.4 Å². The molecule has 1 aromatic carbocycles. The van der Waals surface area contributed by atoms with Crippen LogP contribution in [0.25, 0.3) is 0 Å². The van der Waals surface area contributed by atoms with Crippen molar-refractivity contribution < 1.29 is 4.74 Å². The van der Waals surface area contributed by atoms with Gasteiger partial charge in [-0.15, -0.1) is 0 Å². The molecule has 17 heavy (non-hydrogen) atoms. The van der Waals surface area contributed by atoms with E-state index in [1.54, 1.807) is 0 Å². The molecule has 4 heteroatoms. The standard InChI is InChI=1S/C13H19BrN2O/c1-16(9-13(15)6-7-17-10-13)8-11-2-4-12(14)5-3-11/h2-5H,6-10,15H2,1H3. The number of benzene rings is 1. The van der Waals surface area contributed by atoms with Crippen molar-refractivity contribution in [2.24, 2.45) is 5.73 Å². The van der Waals surface area contributed by atoms with Gasteiger partial charge in [-0.2, -0.15) is 0 Å². The Kier molecular flexibility index (Phi) is 4.20. The molecule has 0 saturated carbocycles. The molecule has 2 N–H and O–H groups in total. The Morgan fingerprint density at radius 3 is 2.71 bits per heavy atom. The normalized spacial score (nSPS) is 24.5. The van der Waals surface area contributed by atoms with Gasteiger partial charge in [-0.1, -0.05) is 28.1 Å². The van der Waals surface area contributed by atoms with Crippen molar-refractivity contribution in [3.63, 3.8) is 0 Å². The topological polar surface area (TPSA) is 38.5 Å². The molecule has 2 rings (SSSR count). The number of nitrogens with zero attached hydrogens (tertiary/aromatic N) is 1. The highest BCUT2D eigenvalue weighted by Crippen LogP contribution is 2.18. The molecule has 1 heterocycles. The zero-order valence-corrected chi connectivity index (χ0v) is 11.7. The van der Waals surface area contributed by atoms with E-state index in [4.69, 9.17) is 10.5 Å². The first kappa shape index (κ1) is 13.0. The summed E-state index contributed by atoms with van der Waals surface area (Å²) in [6, 6.07) is 8.41. The second kappa shape index (κ2) is 5.48. The van der Waals surface area contributed by atoms with Gasteiger partial charge in [0.15, 0.2) is 0 Å². The van der Waals surface area contributed by atoms with Gasteiger partial charge in [0.1, 0.15) is 0 Å². The Bertz CT molecular complexity index is 360. The summed E-state index contributed by atoms with van der Waals surface area (Å²) in [5.41, 5.74) is 7.40. The summed E-state index contributed by atoms with van der Waals surface area (Å²) in [5.74, 6) is 0. The lowest BCUT2D eigenvalue weighted by atomic mass is 9.99. The van der Waals surface area contributed by atoms with E-state index >= 15 is 0 Å². The van der Waals surface area contributed by atoms with E-state index in [-0.39, 0.29) is 5.54 Å². The number of rotatable bonds is 4. The summed E-state index contributed by atoms with van der Waals surface area (Å²) in [4.78, 5) is 2.26. The van der Waals surface area contributed by atoms with Crippen molar-refractivity contribution in [1.29, 1.82) is 0 Å². The van der Waals surface area contributed by atoms with Crippen molar-refractivity contribution in [3.05, 3.63) is 34.3 Å². The lowest BCUT2D eigenvalue weighted by molar-refractivity contribution is 0.159. The molecule has 94 valence electrons. The quantitative estimate of drug-likeness (QED) is 0.924. The molecule has 0 bridgehead atoms. The Morgan fingerprint density at radius 1 is 1.41 bits per heavy atom. The molecule has 3 nitrogen and oxygen atoms in total. The predicted molar refractivity (Wildman–Crippen MR) is 72.8 cm³/mol. The van der Waals surface area contributed by atoms with Crippen LogP contribution in [0.3, 0.4) is 0 Å². The third-order valence-corrected chi connectivity index (χ3v) is 3.61. The maximum atomic E-state index is 6.26. The fourth-order valence-corrected chi connectivity index (χ4v) is 2.51. The van der Waals surface area contributed by atoms with Crippen LogP contribution in [0.2, 0.25) is 0 Å². The highest BCUT2D eigenvalue weighted by atomic mass is 79.9. The Hall–Kier alpha value is -0.420. The molecule has 1 atom stereocenters. The van der Waals surface area contributed by atoms with E-state index in [1.165, 1.54) is 5.56 Å². The third kappa shape index (κ3) is 3.78. The fraction of sp³-hybridized carbons (Fsp3) is 0.538. The van der Waals surface area contributed by atoms with Gasteiger partial charge in [0.2, 0.25) is 0 Å². The maximum Gasteiger partial charge on any atom is 0.0659 e. The van der Waals surface area contributed by atoms with Crippen molar-refractivity contribution in [2.75, 3.05) is 26.8 Å². The zero-order chi connectivity index (χ0) is 12.3. The van der Waals surface area contributed by atoms with Crippen LogP contribution >= 0.6 is 15.9 Å². The summed E-state index contributed by atoms with van der Waals surface area (Å²) in [5, 5.41) is 0. The molecule has 1 aliphatic rings. The number of ether oxygens (including phenoxy) is 1. The summed E-state index contributed by atoms with van der Waals surface area (Å²) in [6.07, 6.45) is 0.956. The minimum atomic E-state index is -0.163. The maximum absolute atomic E-state index is 6.26. The molecule has 0 aliphatic carbocycles. The van der Waals surface area contributed by atoms with E-state index in [2.05, 4.69) is 52.1 Å². The third-order valence-electron chi connectivity index (χ3n) is 3.08. The SMILES string of the molecule is CN(Cc1ccc(Br)cc1)CC1(N)CCOC1. The molecular formula is C13H19BrN2O. The predicted octanol–water partition coefficient (Wildman–Crippen LogP) is 2.00. The van der Waals surface area contributed by atoms with Crippen molar-refractivity contribution in [1.82, 2.24) is 4.90 Å². The Balaban J connectivity index is 1.88. The minimum Gasteiger partial charge on any atom is -0.379 e. The molecule has 1 saturated heterocycles. The summed E-state index contributed by atoms with van der Waals surface area (Å²) >= 11 is 3.44. The van der Waals surface area contributed by atoms with Crippen LogP contribution in [0.5, 0.6) is 0 Å². The summed E-state index contributed by atoms with van der Waals surface area (Å²) < 4.78 is 6.48. The fourth-order valence-electron chi connectivity index (χ4n) is 2.24. The van der Waals surface area contributed by atoms with Crippen molar-refractivity contribution in [2.45, 2.75) is 18.5 Å². The molecule has 0 radical (unpaired) electrons. The van der Waals surface area contributed by atoms with E-state index in [0.29, 0.717) is 6.61 Å². The number of likely N-dealkylation sites (N-methyl/N-ethyl adjacent to an activating group) is 1. The minimum absolute atomic E-state index is 0.163. The Morgan fingerprint density at radius 2 is 2.12 bits per heavy atom. The van der Waals surface area contributed by atoms with Gasteiger partial charge >= 0.3 is 0 Å². The highest BCUT2D eigenvalue weighted by Gasteiger charge is 2.31. The molecule has 0 aromatic heterocycles. The molecule has 0 amide bonds. The largest absolute Gasteiger partial charge is 0.379 e. The van der Waals surface area contributed by atoms with E-state index in [0.717, 1.165) is 30.6 Å². The van der Waals surface area contributed by atoms with Gasteiger partial charge in [-0.05, 0) is 31.2 Å². The monoisotopic (exact) mass is 298 g/mol. The highest BCUT2D eigenvalue weighted by molar-refractivity contribution is 9.10. The average molecular weight is 299 g/mol. The van der Waals surface area contributed by atoms with Crippen LogP contribution in [0.1, 0.15) is 12.0 Å².